The Bertz CT molecular complexity index is 1220. The third-order valence-electron chi connectivity index (χ3n) is 3.96. The van der Waals surface area contributed by atoms with E-state index in [2.05, 4.69) is 19.9 Å². The predicted molar refractivity (Wildman–Crippen MR) is 92.7 cm³/mol. The molecule has 132 valence electrons. The van der Waals surface area contributed by atoms with Crippen molar-refractivity contribution in [3.8, 4) is 5.75 Å². The van der Waals surface area contributed by atoms with Gasteiger partial charge in [0.25, 0.3) is 5.56 Å². The van der Waals surface area contributed by atoms with Gasteiger partial charge in [-0.05, 0) is 24.3 Å². The van der Waals surface area contributed by atoms with Crippen molar-refractivity contribution in [3.05, 3.63) is 62.9 Å². The van der Waals surface area contributed by atoms with Crippen molar-refractivity contribution in [3.63, 3.8) is 0 Å². The van der Waals surface area contributed by atoms with E-state index in [0.717, 1.165) is 0 Å². The van der Waals surface area contributed by atoms with E-state index in [4.69, 9.17) is 16.3 Å². The highest BCUT2D eigenvalue weighted by molar-refractivity contribution is 6.31. The molecule has 9 heteroatoms. The third-order valence-corrected chi connectivity index (χ3v) is 4.23. The molecule has 2 N–H and O–H groups in total. The summed E-state index contributed by atoms with van der Waals surface area (Å²) < 4.78 is 32.6. The summed E-state index contributed by atoms with van der Waals surface area (Å²) >= 11 is 5.64. The molecule has 26 heavy (non-hydrogen) atoms. The number of imidazole rings is 1. The van der Waals surface area contributed by atoms with Crippen LogP contribution in [-0.4, -0.2) is 27.0 Å². The molecular formula is C17H11ClF2N4O2. The van der Waals surface area contributed by atoms with Crippen LogP contribution in [0.25, 0.3) is 21.9 Å². The first-order valence-corrected chi connectivity index (χ1v) is 7.93. The first-order valence-electron chi connectivity index (χ1n) is 7.55. The average Bonchev–Trinajstić information content (AvgIpc) is 3.02. The van der Waals surface area contributed by atoms with Crippen molar-refractivity contribution < 1.29 is 13.5 Å². The van der Waals surface area contributed by atoms with Crippen LogP contribution >= 0.6 is 11.6 Å². The molecule has 0 bridgehead atoms. The normalized spacial score (nSPS) is 11.4. The van der Waals surface area contributed by atoms with Gasteiger partial charge in [0.1, 0.15) is 22.9 Å². The lowest BCUT2D eigenvalue weighted by atomic mass is 10.2. The van der Waals surface area contributed by atoms with E-state index in [-0.39, 0.29) is 28.0 Å². The Morgan fingerprint density at radius 2 is 1.88 bits per heavy atom. The zero-order valence-corrected chi connectivity index (χ0v) is 14.1. The Balaban J connectivity index is 1.76. The summed E-state index contributed by atoms with van der Waals surface area (Å²) in [4.78, 5) is 26.2. The minimum absolute atomic E-state index is 0.102. The van der Waals surface area contributed by atoms with Crippen LogP contribution in [0.1, 0.15) is 11.6 Å². The number of benzene rings is 2. The molecule has 4 rings (SSSR count). The molecule has 0 aliphatic carbocycles. The molecule has 0 saturated carbocycles. The number of fused-ring (bicyclic) bond motifs is 2. The lowest BCUT2D eigenvalue weighted by Gasteiger charge is -2.03. The largest absolute Gasteiger partial charge is 0.497 e. The van der Waals surface area contributed by atoms with Crippen LogP contribution in [0, 0.1) is 11.6 Å². The first kappa shape index (κ1) is 16.5. The van der Waals surface area contributed by atoms with E-state index in [1.165, 1.54) is 13.2 Å². The van der Waals surface area contributed by atoms with Gasteiger partial charge in [0.2, 0.25) is 0 Å². The van der Waals surface area contributed by atoms with Crippen molar-refractivity contribution in [2.75, 3.05) is 7.11 Å². The molecule has 4 aromatic rings. The summed E-state index contributed by atoms with van der Waals surface area (Å²) in [6, 6.07) is 6.21. The SMILES string of the molecule is COc1ccc2nc(Cc3nc4c(F)c(F)c(Cl)cc4[nH]3)[nH]c(=O)c2c1. The fourth-order valence-corrected chi connectivity index (χ4v) is 2.92. The molecule has 0 amide bonds. The number of nitrogens with one attached hydrogen (secondary N) is 2. The second-order valence-electron chi connectivity index (χ2n) is 5.64. The van der Waals surface area contributed by atoms with E-state index < -0.39 is 11.6 Å². The average molecular weight is 377 g/mol. The summed E-state index contributed by atoms with van der Waals surface area (Å²) in [7, 11) is 1.51. The molecule has 0 aliphatic heterocycles. The first-order chi connectivity index (χ1) is 12.5. The second-order valence-corrected chi connectivity index (χ2v) is 6.05. The van der Waals surface area contributed by atoms with Crippen molar-refractivity contribution in [1.29, 1.82) is 0 Å². The van der Waals surface area contributed by atoms with Gasteiger partial charge in [-0.3, -0.25) is 4.79 Å². The van der Waals surface area contributed by atoms with Crippen LogP contribution in [0.4, 0.5) is 8.78 Å². The van der Waals surface area contributed by atoms with Gasteiger partial charge >= 0.3 is 0 Å². The van der Waals surface area contributed by atoms with Gasteiger partial charge in [0.15, 0.2) is 11.6 Å². The highest BCUT2D eigenvalue weighted by Gasteiger charge is 2.16. The fraction of sp³-hybridized carbons (Fsp3) is 0.118. The molecule has 2 heterocycles. The number of nitrogens with zero attached hydrogens (tertiary/aromatic N) is 2. The molecule has 6 nitrogen and oxygen atoms in total. The lowest BCUT2D eigenvalue weighted by molar-refractivity contribution is 0.415. The van der Waals surface area contributed by atoms with E-state index in [9.17, 15) is 13.6 Å². The minimum atomic E-state index is -1.15. The molecular weight excluding hydrogens is 366 g/mol. The van der Waals surface area contributed by atoms with Gasteiger partial charge in [0, 0.05) is 0 Å². The van der Waals surface area contributed by atoms with Gasteiger partial charge in [-0.25, -0.2) is 18.7 Å². The molecule has 2 aromatic heterocycles. The Hall–Kier alpha value is -3.00. The zero-order chi connectivity index (χ0) is 18.4. The molecule has 0 fully saturated rings. The number of ether oxygens (including phenoxy) is 1. The van der Waals surface area contributed by atoms with E-state index >= 15 is 0 Å². The fourth-order valence-electron chi connectivity index (χ4n) is 2.73. The molecule has 0 unspecified atom stereocenters. The Morgan fingerprint density at radius 3 is 2.65 bits per heavy atom. The van der Waals surface area contributed by atoms with Crippen LogP contribution in [0.5, 0.6) is 5.75 Å². The zero-order valence-electron chi connectivity index (χ0n) is 13.4. The van der Waals surface area contributed by atoms with Crippen molar-refractivity contribution >= 4 is 33.5 Å². The monoisotopic (exact) mass is 376 g/mol. The Morgan fingerprint density at radius 1 is 1.12 bits per heavy atom. The summed E-state index contributed by atoms with van der Waals surface area (Å²) in [5.74, 6) is -1.08. The van der Waals surface area contributed by atoms with Crippen LogP contribution in [0.15, 0.2) is 29.1 Å². The number of aromatic amines is 2. The number of hydrogen-bond acceptors (Lipinski definition) is 4. The van der Waals surface area contributed by atoms with Gasteiger partial charge in [-0.15, -0.1) is 0 Å². The van der Waals surface area contributed by atoms with Crippen LogP contribution in [-0.2, 0) is 6.42 Å². The molecule has 0 saturated heterocycles. The number of aromatic nitrogens is 4. The maximum Gasteiger partial charge on any atom is 0.258 e. The summed E-state index contributed by atoms with van der Waals surface area (Å²) in [6.45, 7) is 0. The predicted octanol–water partition coefficient (Wildman–Crippen LogP) is 3.33. The molecule has 0 atom stereocenters. The standard InChI is InChI=1S/C17H11ClF2N4O2/c1-26-7-2-3-10-8(4-7)17(25)24-13(21-10)6-12-22-11-5-9(18)14(19)15(20)16(11)23-12/h2-5H,6H2,1H3,(H,22,23)(H,21,24,25). The van der Waals surface area contributed by atoms with E-state index in [1.807, 2.05) is 0 Å². The molecule has 0 radical (unpaired) electrons. The highest BCUT2D eigenvalue weighted by atomic mass is 35.5. The minimum Gasteiger partial charge on any atom is -0.497 e. The Kier molecular flexibility index (Phi) is 3.84. The third kappa shape index (κ3) is 2.68. The number of rotatable bonds is 3. The topological polar surface area (TPSA) is 83.7 Å². The summed E-state index contributed by atoms with van der Waals surface area (Å²) in [6.07, 6.45) is 0.102. The molecule has 0 spiro atoms. The van der Waals surface area contributed by atoms with Crippen molar-refractivity contribution in [1.82, 2.24) is 19.9 Å². The second kappa shape index (κ2) is 6.06. The van der Waals surface area contributed by atoms with Gasteiger partial charge in [0.05, 0.1) is 35.0 Å². The quantitative estimate of drug-likeness (QED) is 0.537. The number of H-pyrrole nitrogens is 2. The van der Waals surface area contributed by atoms with Crippen molar-refractivity contribution in [2.24, 2.45) is 0 Å². The number of hydrogen-bond donors (Lipinski definition) is 2. The van der Waals surface area contributed by atoms with Crippen LogP contribution in [0.3, 0.4) is 0 Å². The van der Waals surface area contributed by atoms with Crippen LogP contribution in [0.2, 0.25) is 5.02 Å². The van der Waals surface area contributed by atoms with Gasteiger partial charge in [-0.1, -0.05) is 11.6 Å². The van der Waals surface area contributed by atoms with Crippen LogP contribution < -0.4 is 10.3 Å². The van der Waals surface area contributed by atoms with Crippen molar-refractivity contribution in [2.45, 2.75) is 6.42 Å². The molecule has 0 aliphatic rings. The van der Waals surface area contributed by atoms with E-state index in [0.29, 0.717) is 28.3 Å². The highest BCUT2D eigenvalue weighted by Crippen LogP contribution is 2.25. The Labute approximate surface area is 149 Å². The maximum atomic E-state index is 13.9. The molecule has 2 aromatic carbocycles. The van der Waals surface area contributed by atoms with E-state index in [1.54, 1.807) is 18.2 Å². The van der Waals surface area contributed by atoms with Gasteiger partial charge < -0.3 is 14.7 Å². The lowest BCUT2D eigenvalue weighted by Crippen LogP contribution is -2.12. The summed E-state index contributed by atoms with van der Waals surface area (Å²) in [5, 5.41) is 0.0500. The number of halogens is 3. The maximum absolute atomic E-state index is 13.9. The smallest absolute Gasteiger partial charge is 0.258 e. The summed E-state index contributed by atoms with van der Waals surface area (Å²) in [5.41, 5.74) is 0.257. The number of methoxy groups -OCH3 is 1. The van der Waals surface area contributed by atoms with Gasteiger partial charge in [-0.2, -0.15) is 0 Å².